The van der Waals surface area contributed by atoms with Gasteiger partial charge in [0.2, 0.25) is 0 Å². The van der Waals surface area contributed by atoms with Gasteiger partial charge in [-0.3, -0.25) is 4.79 Å². The highest BCUT2D eigenvalue weighted by Gasteiger charge is 2.25. The molecule has 0 bridgehead atoms. The van der Waals surface area contributed by atoms with Crippen LogP contribution in [0.4, 0.5) is 0 Å². The molecule has 0 saturated carbocycles. The summed E-state index contributed by atoms with van der Waals surface area (Å²) in [5.74, 6) is 0.383. The third kappa shape index (κ3) is 3.40. The van der Waals surface area contributed by atoms with Gasteiger partial charge in [-0.25, -0.2) is 0 Å². The minimum atomic E-state index is -0.0278. The predicted molar refractivity (Wildman–Crippen MR) is 117 cm³/mol. The molecule has 4 rings (SSSR count). The zero-order chi connectivity index (χ0) is 20.4. The fourth-order valence-corrected chi connectivity index (χ4v) is 3.86. The third-order valence-electron chi connectivity index (χ3n) is 5.35. The molecule has 0 saturated heterocycles. The Morgan fingerprint density at radius 3 is 2.28 bits per heavy atom. The van der Waals surface area contributed by atoms with E-state index in [1.54, 1.807) is 0 Å². The van der Waals surface area contributed by atoms with E-state index in [4.69, 9.17) is 0 Å². The van der Waals surface area contributed by atoms with Gasteiger partial charge < -0.3 is 9.20 Å². The number of hydrogen-bond acceptors (Lipinski definition) is 2. The summed E-state index contributed by atoms with van der Waals surface area (Å²) in [6, 6.07) is 23.5. The number of aromatic nitrogens is 1. The van der Waals surface area contributed by atoms with Gasteiger partial charge in [-0.2, -0.15) is 0 Å². The van der Waals surface area contributed by atoms with Crippen LogP contribution in [0, 0.1) is 0 Å². The van der Waals surface area contributed by atoms with E-state index >= 15 is 0 Å². The average Bonchev–Trinajstić information content (AvgIpc) is 3.08. The first-order valence-corrected chi connectivity index (χ1v) is 9.87. The van der Waals surface area contributed by atoms with Crippen molar-refractivity contribution < 1.29 is 9.59 Å². The molecule has 2 aromatic heterocycles. The number of benzene rings is 2. The lowest BCUT2D eigenvalue weighted by Crippen LogP contribution is -2.03. The van der Waals surface area contributed by atoms with Crippen LogP contribution in [0.1, 0.15) is 46.9 Å². The molecule has 29 heavy (non-hydrogen) atoms. The van der Waals surface area contributed by atoms with Crippen LogP contribution in [0.2, 0.25) is 0 Å². The van der Waals surface area contributed by atoms with Crippen LogP contribution < -0.4 is 0 Å². The number of pyridine rings is 1. The van der Waals surface area contributed by atoms with E-state index in [2.05, 4.69) is 13.8 Å². The van der Waals surface area contributed by atoms with Gasteiger partial charge in [0.25, 0.3) is 0 Å². The van der Waals surface area contributed by atoms with Crippen molar-refractivity contribution in [3.63, 3.8) is 0 Å². The number of ketones is 1. The van der Waals surface area contributed by atoms with Crippen molar-refractivity contribution in [1.82, 2.24) is 4.40 Å². The molecule has 144 valence electrons. The van der Waals surface area contributed by atoms with Crippen molar-refractivity contribution in [1.29, 1.82) is 0 Å². The van der Waals surface area contributed by atoms with E-state index in [9.17, 15) is 9.59 Å². The van der Waals surface area contributed by atoms with E-state index < -0.39 is 0 Å². The molecule has 0 atom stereocenters. The van der Waals surface area contributed by atoms with Crippen LogP contribution in [0.3, 0.4) is 0 Å². The van der Waals surface area contributed by atoms with Crippen molar-refractivity contribution in [2.24, 2.45) is 0 Å². The molecule has 0 radical (unpaired) electrons. The molecule has 0 unspecified atom stereocenters. The first-order chi connectivity index (χ1) is 14.1. The monoisotopic (exact) mass is 381 g/mol. The Morgan fingerprint density at radius 2 is 1.62 bits per heavy atom. The third-order valence-corrected chi connectivity index (χ3v) is 5.35. The van der Waals surface area contributed by atoms with E-state index in [1.807, 2.05) is 83.4 Å². The first-order valence-electron chi connectivity index (χ1n) is 9.87. The van der Waals surface area contributed by atoms with Gasteiger partial charge in [-0.05, 0) is 29.2 Å². The quantitative estimate of drug-likeness (QED) is 0.317. The van der Waals surface area contributed by atoms with E-state index in [0.29, 0.717) is 17.0 Å². The van der Waals surface area contributed by atoms with Gasteiger partial charge in [0.05, 0.1) is 11.1 Å². The summed E-state index contributed by atoms with van der Waals surface area (Å²) < 4.78 is 1.96. The largest absolute Gasteiger partial charge is 0.319 e. The van der Waals surface area contributed by atoms with Crippen molar-refractivity contribution in [2.45, 2.75) is 26.2 Å². The molecule has 0 aliphatic heterocycles. The predicted octanol–water partition coefficient (Wildman–Crippen LogP) is 5.70. The van der Waals surface area contributed by atoms with Crippen LogP contribution in [0.25, 0.3) is 16.6 Å². The van der Waals surface area contributed by atoms with Crippen LogP contribution in [-0.4, -0.2) is 16.5 Å². The fourth-order valence-electron chi connectivity index (χ4n) is 3.86. The second-order valence-electron chi connectivity index (χ2n) is 7.50. The minimum absolute atomic E-state index is 0.0278. The van der Waals surface area contributed by atoms with Gasteiger partial charge in [0.1, 0.15) is 6.29 Å². The van der Waals surface area contributed by atoms with Gasteiger partial charge in [-0.15, -0.1) is 0 Å². The molecule has 0 aliphatic carbocycles. The molecule has 3 heteroatoms. The summed E-state index contributed by atoms with van der Waals surface area (Å²) in [5.41, 5.74) is 5.93. The molecule has 0 N–H and O–H groups in total. The van der Waals surface area contributed by atoms with Gasteiger partial charge in [0.15, 0.2) is 5.78 Å². The molecular weight excluding hydrogens is 358 g/mol. The summed E-state index contributed by atoms with van der Waals surface area (Å²) in [7, 11) is 0. The lowest BCUT2D eigenvalue weighted by Gasteiger charge is -2.09. The molecular formula is C26H23NO2. The fraction of sp³-hybridized carbons (Fsp3) is 0.154. The Labute approximate surface area is 170 Å². The molecule has 0 amide bonds. The van der Waals surface area contributed by atoms with Crippen molar-refractivity contribution >= 4 is 17.6 Å². The number of nitrogens with zero attached hydrogens (tertiary/aromatic N) is 1. The van der Waals surface area contributed by atoms with Crippen LogP contribution >= 0.6 is 0 Å². The summed E-state index contributed by atoms with van der Waals surface area (Å²) >= 11 is 0. The Balaban J connectivity index is 1.97. The number of carbonyl (C=O) groups excluding carboxylic acids is 2. The smallest absolute Gasteiger partial charge is 0.195 e. The number of rotatable bonds is 6. The topological polar surface area (TPSA) is 38.5 Å². The van der Waals surface area contributed by atoms with Crippen molar-refractivity contribution in [3.05, 3.63) is 101 Å². The van der Waals surface area contributed by atoms with Crippen LogP contribution in [0.5, 0.6) is 0 Å². The summed E-state index contributed by atoms with van der Waals surface area (Å²) in [4.78, 5) is 25.1. The van der Waals surface area contributed by atoms with Gasteiger partial charge >= 0.3 is 0 Å². The summed E-state index contributed by atoms with van der Waals surface area (Å²) in [6.45, 7) is 4.27. The highest BCUT2D eigenvalue weighted by Crippen LogP contribution is 2.35. The van der Waals surface area contributed by atoms with Crippen LogP contribution in [0.15, 0.2) is 79.0 Å². The molecule has 2 aromatic carbocycles. The summed E-state index contributed by atoms with van der Waals surface area (Å²) in [6.07, 6.45) is 3.06. The molecule has 0 fully saturated rings. The van der Waals surface area contributed by atoms with E-state index in [-0.39, 0.29) is 12.2 Å². The molecule has 4 aromatic rings. The molecule has 2 heterocycles. The second-order valence-corrected chi connectivity index (χ2v) is 7.50. The number of aldehydes is 1. The number of hydrogen-bond donors (Lipinski definition) is 0. The summed E-state index contributed by atoms with van der Waals surface area (Å²) in [5, 5.41) is 0. The van der Waals surface area contributed by atoms with Crippen molar-refractivity contribution in [2.75, 3.05) is 0 Å². The standard InChI is InChI=1S/C26H23NO2/c1-18(2)19-11-13-21(14-12-19)26(29)25-22-10-6-7-16-27(22)23(15-17-28)24(25)20-8-4-3-5-9-20/h3-14,16-18H,15H2,1-2H3. The normalized spacial score (nSPS) is 11.1. The van der Waals surface area contributed by atoms with E-state index in [1.165, 1.54) is 5.56 Å². The van der Waals surface area contributed by atoms with Gasteiger partial charge in [0, 0.05) is 29.4 Å². The average molecular weight is 381 g/mol. The van der Waals surface area contributed by atoms with Gasteiger partial charge in [-0.1, -0.05) is 74.5 Å². The maximum absolute atomic E-state index is 13.7. The minimum Gasteiger partial charge on any atom is -0.319 e. The van der Waals surface area contributed by atoms with Crippen LogP contribution in [-0.2, 0) is 11.2 Å². The highest BCUT2D eigenvalue weighted by atomic mass is 16.1. The zero-order valence-corrected chi connectivity index (χ0v) is 16.6. The van der Waals surface area contributed by atoms with E-state index in [0.717, 1.165) is 28.6 Å². The lowest BCUT2D eigenvalue weighted by molar-refractivity contribution is -0.107. The SMILES string of the molecule is CC(C)c1ccc(C(=O)c2c(-c3ccccc3)c(CC=O)n3ccccc23)cc1. The second kappa shape index (κ2) is 7.88. The Kier molecular flexibility index (Phi) is 5.13. The lowest BCUT2D eigenvalue weighted by atomic mass is 9.93. The Hall–Kier alpha value is -3.46. The Morgan fingerprint density at radius 1 is 0.931 bits per heavy atom. The maximum Gasteiger partial charge on any atom is 0.195 e. The molecule has 3 nitrogen and oxygen atoms in total. The number of carbonyl (C=O) groups is 2. The number of fused-ring (bicyclic) bond motifs is 1. The molecule has 0 aliphatic rings. The molecule has 0 spiro atoms. The maximum atomic E-state index is 13.7. The van der Waals surface area contributed by atoms with Crippen molar-refractivity contribution in [3.8, 4) is 11.1 Å². The first kappa shape index (κ1) is 18.9. The highest BCUT2D eigenvalue weighted by molar-refractivity contribution is 6.18. The Bertz CT molecular complexity index is 1170. The zero-order valence-electron chi connectivity index (χ0n) is 16.6.